The van der Waals surface area contributed by atoms with Crippen LogP contribution in [0.5, 0.6) is 5.75 Å². The van der Waals surface area contributed by atoms with Gasteiger partial charge in [-0.05, 0) is 42.7 Å². The summed E-state index contributed by atoms with van der Waals surface area (Å²) in [5, 5.41) is 3.97. The maximum absolute atomic E-state index is 13.6. The van der Waals surface area contributed by atoms with Crippen molar-refractivity contribution < 1.29 is 17.9 Å². The Bertz CT molecular complexity index is 1240. The molecule has 0 heterocycles. The highest BCUT2D eigenvalue weighted by Crippen LogP contribution is 2.28. The predicted octanol–water partition coefficient (Wildman–Crippen LogP) is 3.65. The number of hydrogen-bond donors (Lipinski definition) is 1. The maximum atomic E-state index is 13.6. The van der Waals surface area contributed by atoms with E-state index in [2.05, 4.69) is 10.5 Å². The van der Waals surface area contributed by atoms with Crippen molar-refractivity contribution in [2.24, 2.45) is 5.10 Å². The Labute approximate surface area is 194 Å². The van der Waals surface area contributed by atoms with Gasteiger partial charge in [-0.1, -0.05) is 66.2 Å². The molecule has 0 unspecified atom stereocenters. The first-order chi connectivity index (χ1) is 15.8. The maximum Gasteiger partial charge on any atom is 0.255 e. The van der Waals surface area contributed by atoms with E-state index >= 15 is 0 Å². The summed E-state index contributed by atoms with van der Waals surface area (Å²) in [4.78, 5) is 12.6. The summed E-state index contributed by atoms with van der Waals surface area (Å²) in [5.74, 6) is -0.332. The fraction of sp³-hybridized carbons (Fsp3) is 0.200. The summed E-state index contributed by atoms with van der Waals surface area (Å²) in [6.07, 6.45) is 1.52. The minimum absolute atomic E-state index is 0.0111. The number of sulfonamides is 1. The second-order valence-corrected chi connectivity index (χ2v) is 9.53. The van der Waals surface area contributed by atoms with Crippen molar-refractivity contribution in [3.8, 4) is 5.75 Å². The molecule has 0 aliphatic carbocycles. The van der Waals surface area contributed by atoms with Gasteiger partial charge in [0.15, 0.2) is 0 Å². The van der Waals surface area contributed by atoms with Crippen LogP contribution in [0, 0.1) is 13.8 Å². The molecule has 0 atom stereocenters. The number of benzene rings is 3. The first-order valence-corrected chi connectivity index (χ1v) is 11.8. The zero-order valence-corrected chi connectivity index (χ0v) is 19.7. The SMILES string of the molecule is COc1ccc(C)cc1S(=O)(=O)N(CC(=O)NN=Cc1cccc(C)c1)Cc1ccccc1. The lowest BCUT2D eigenvalue weighted by atomic mass is 10.2. The minimum Gasteiger partial charge on any atom is -0.495 e. The molecule has 172 valence electrons. The van der Waals surface area contributed by atoms with E-state index < -0.39 is 22.5 Å². The lowest BCUT2D eigenvalue weighted by Crippen LogP contribution is -2.39. The van der Waals surface area contributed by atoms with Crippen LogP contribution in [0.2, 0.25) is 0 Å². The number of nitrogens with one attached hydrogen (secondary N) is 1. The van der Waals surface area contributed by atoms with Crippen molar-refractivity contribution in [2.75, 3.05) is 13.7 Å². The van der Waals surface area contributed by atoms with Gasteiger partial charge in [0.05, 0.1) is 19.9 Å². The molecule has 0 radical (unpaired) electrons. The first kappa shape index (κ1) is 24.2. The van der Waals surface area contributed by atoms with Gasteiger partial charge in [-0.2, -0.15) is 9.41 Å². The van der Waals surface area contributed by atoms with Crippen LogP contribution in [0.4, 0.5) is 0 Å². The number of ether oxygens (including phenoxy) is 1. The zero-order valence-electron chi connectivity index (χ0n) is 18.9. The second-order valence-electron chi connectivity index (χ2n) is 7.62. The molecule has 0 saturated carbocycles. The van der Waals surface area contributed by atoms with E-state index in [1.54, 1.807) is 25.1 Å². The molecule has 1 N–H and O–H groups in total. The number of rotatable bonds is 9. The second kappa shape index (κ2) is 10.9. The molecular weight excluding hydrogens is 438 g/mol. The first-order valence-electron chi connectivity index (χ1n) is 10.4. The van der Waals surface area contributed by atoms with Gasteiger partial charge in [0, 0.05) is 6.54 Å². The number of amides is 1. The van der Waals surface area contributed by atoms with Crippen LogP contribution < -0.4 is 10.2 Å². The zero-order chi connectivity index (χ0) is 23.8. The quantitative estimate of drug-likeness (QED) is 0.386. The van der Waals surface area contributed by atoms with Crippen molar-refractivity contribution in [1.82, 2.24) is 9.73 Å². The fourth-order valence-corrected chi connectivity index (χ4v) is 4.89. The third-order valence-corrected chi connectivity index (χ3v) is 6.72. The number of carbonyl (C=O) groups excluding carboxylic acids is 1. The molecule has 0 aliphatic rings. The molecule has 3 aromatic rings. The van der Waals surface area contributed by atoms with Crippen LogP contribution >= 0.6 is 0 Å². The van der Waals surface area contributed by atoms with E-state index in [0.29, 0.717) is 0 Å². The molecule has 0 fully saturated rings. The molecule has 0 aliphatic heterocycles. The van der Waals surface area contributed by atoms with Crippen molar-refractivity contribution in [3.63, 3.8) is 0 Å². The molecule has 7 nitrogen and oxygen atoms in total. The third-order valence-electron chi connectivity index (χ3n) is 4.90. The largest absolute Gasteiger partial charge is 0.495 e. The molecule has 1 amide bonds. The lowest BCUT2D eigenvalue weighted by molar-refractivity contribution is -0.121. The molecule has 33 heavy (non-hydrogen) atoms. The van der Waals surface area contributed by atoms with Gasteiger partial charge in [-0.15, -0.1) is 0 Å². The third kappa shape index (κ3) is 6.50. The van der Waals surface area contributed by atoms with Crippen molar-refractivity contribution in [2.45, 2.75) is 25.3 Å². The van der Waals surface area contributed by atoms with Gasteiger partial charge in [-0.3, -0.25) is 4.79 Å². The standard InChI is InChI=1S/C25H27N3O4S/c1-19-8-7-11-22(14-19)16-26-27-25(29)18-28(17-21-9-5-4-6-10-21)33(30,31)24-15-20(2)12-13-23(24)32-3/h4-16H,17-18H2,1-3H3,(H,27,29). The Kier molecular flexibility index (Phi) is 7.97. The van der Waals surface area contributed by atoms with E-state index in [0.717, 1.165) is 26.6 Å². The number of hydrazone groups is 1. The minimum atomic E-state index is -4.05. The van der Waals surface area contributed by atoms with E-state index in [-0.39, 0.29) is 17.2 Å². The van der Waals surface area contributed by atoms with Crippen LogP contribution in [-0.2, 0) is 21.4 Å². The topological polar surface area (TPSA) is 88.1 Å². The van der Waals surface area contributed by atoms with E-state index in [1.165, 1.54) is 13.3 Å². The molecule has 0 aromatic heterocycles. The highest BCUT2D eigenvalue weighted by Gasteiger charge is 2.30. The fourth-order valence-electron chi connectivity index (χ4n) is 3.26. The van der Waals surface area contributed by atoms with Gasteiger partial charge in [0.25, 0.3) is 5.91 Å². The van der Waals surface area contributed by atoms with Gasteiger partial charge in [-0.25, -0.2) is 13.8 Å². The molecule has 0 spiro atoms. The van der Waals surface area contributed by atoms with Crippen LogP contribution in [0.1, 0.15) is 22.3 Å². The van der Waals surface area contributed by atoms with Gasteiger partial charge in [0.2, 0.25) is 10.0 Å². The summed E-state index contributed by atoms with van der Waals surface area (Å²) in [6, 6.07) is 21.7. The van der Waals surface area contributed by atoms with Crippen molar-refractivity contribution in [3.05, 3.63) is 95.1 Å². The highest BCUT2D eigenvalue weighted by molar-refractivity contribution is 7.89. The monoisotopic (exact) mass is 465 g/mol. The van der Waals surface area contributed by atoms with Crippen molar-refractivity contribution >= 4 is 22.1 Å². The molecule has 0 saturated heterocycles. The summed E-state index contributed by atoms with van der Waals surface area (Å²) < 4.78 is 33.5. The van der Waals surface area contributed by atoms with E-state index in [4.69, 9.17) is 4.74 Å². The smallest absolute Gasteiger partial charge is 0.255 e. The van der Waals surface area contributed by atoms with Crippen molar-refractivity contribution in [1.29, 1.82) is 0 Å². The normalized spacial score (nSPS) is 11.6. The number of nitrogens with zero attached hydrogens (tertiary/aromatic N) is 2. The Hall–Kier alpha value is -3.49. The molecule has 3 rings (SSSR count). The molecule has 0 bridgehead atoms. The average molecular weight is 466 g/mol. The van der Waals surface area contributed by atoms with Gasteiger partial charge in [0.1, 0.15) is 10.6 Å². The number of aryl methyl sites for hydroxylation is 2. The van der Waals surface area contributed by atoms with Crippen LogP contribution in [0.15, 0.2) is 82.8 Å². The predicted molar refractivity (Wildman–Crippen MR) is 129 cm³/mol. The van der Waals surface area contributed by atoms with Gasteiger partial charge < -0.3 is 4.74 Å². The summed E-state index contributed by atoms with van der Waals surface area (Å²) in [5.41, 5.74) is 5.84. The van der Waals surface area contributed by atoms with E-state index in [9.17, 15) is 13.2 Å². The Morgan fingerprint density at radius 3 is 2.42 bits per heavy atom. The average Bonchev–Trinajstić information content (AvgIpc) is 2.79. The number of methoxy groups -OCH3 is 1. The van der Waals surface area contributed by atoms with Crippen LogP contribution in [0.3, 0.4) is 0 Å². The number of hydrogen-bond acceptors (Lipinski definition) is 5. The van der Waals surface area contributed by atoms with Crippen LogP contribution in [-0.4, -0.2) is 38.5 Å². The summed E-state index contributed by atoms with van der Waals surface area (Å²) >= 11 is 0. The Balaban J connectivity index is 1.85. The Morgan fingerprint density at radius 2 is 1.73 bits per heavy atom. The lowest BCUT2D eigenvalue weighted by Gasteiger charge is -2.23. The molecule has 8 heteroatoms. The molecule has 3 aromatic carbocycles. The summed E-state index contributed by atoms with van der Waals surface area (Å²) in [6.45, 7) is 3.38. The number of carbonyl (C=O) groups is 1. The summed E-state index contributed by atoms with van der Waals surface area (Å²) in [7, 11) is -2.63. The molecular formula is C25H27N3O4S. The van der Waals surface area contributed by atoms with Crippen LogP contribution in [0.25, 0.3) is 0 Å². The highest BCUT2D eigenvalue weighted by atomic mass is 32.2. The Morgan fingerprint density at radius 1 is 1.00 bits per heavy atom. The van der Waals surface area contributed by atoms with E-state index in [1.807, 2.05) is 61.5 Å². The van der Waals surface area contributed by atoms with Gasteiger partial charge >= 0.3 is 0 Å².